The largest absolute Gasteiger partial charge is 0.339 e. The molecule has 2 rings (SSSR count). The summed E-state index contributed by atoms with van der Waals surface area (Å²) in [6, 6.07) is 8.40. The number of benzene rings is 1. The van der Waals surface area contributed by atoms with Crippen molar-refractivity contribution in [1.82, 2.24) is 10.2 Å². The fourth-order valence-electron chi connectivity index (χ4n) is 2.50. The molecule has 0 saturated carbocycles. The maximum atomic E-state index is 12.7. The molecule has 0 aromatic heterocycles. The van der Waals surface area contributed by atoms with E-state index in [-0.39, 0.29) is 18.3 Å². The fourth-order valence-corrected chi connectivity index (χ4v) is 2.77. The molecule has 1 aliphatic rings. The molecule has 112 valence electrons. The van der Waals surface area contributed by atoms with Gasteiger partial charge in [0, 0.05) is 30.1 Å². The van der Waals surface area contributed by atoms with E-state index < -0.39 is 5.41 Å². The van der Waals surface area contributed by atoms with Gasteiger partial charge in [0.15, 0.2) is 0 Å². The van der Waals surface area contributed by atoms with Gasteiger partial charge in [0.2, 0.25) is 5.91 Å². The second-order valence-electron chi connectivity index (χ2n) is 5.74. The lowest BCUT2D eigenvalue weighted by atomic mass is 9.83. The van der Waals surface area contributed by atoms with Crippen molar-refractivity contribution in [2.75, 3.05) is 19.6 Å². The van der Waals surface area contributed by atoms with Crippen molar-refractivity contribution in [3.63, 3.8) is 0 Å². The van der Waals surface area contributed by atoms with Crippen LogP contribution in [-0.2, 0) is 10.2 Å². The molecule has 5 heteroatoms. The lowest BCUT2D eigenvalue weighted by Crippen LogP contribution is -2.55. The second-order valence-corrected chi connectivity index (χ2v) is 6.65. The Hall–Kier alpha value is -0.580. The quantitative estimate of drug-likeness (QED) is 0.878. The Kier molecular flexibility index (Phi) is 6.05. The molecule has 0 radical (unpaired) electrons. The molecule has 1 aliphatic heterocycles. The molecule has 0 aliphatic carbocycles. The van der Waals surface area contributed by atoms with E-state index >= 15 is 0 Å². The van der Waals surface area contributed by atoms with Crippen molar-refractivity contribution in [3.05, 3.63) is 34.3 Å². The summed E-state index contributed by atoms with van der Waals surface area (Å²) in [6.45, 7) is 8.59. The van der Waals surface area contributed by atoms with Crippen LogP contribution in [0.5, 0.6) is 0 Å². The van der Waals surface area contributed by atoms with Gasteiger partial charge in [-0.15, -0.1) is 12.4 Å². The molecule has 1 aromatic rings. The van der Waals surface area contributed by atoms with E-state index in [1.54, 1.807) is 0 Å². The highest BCUT2D eigenvalue weighted by Gasteiger charge is 2.35. The van der Waals surface area contributed by atoms with E-state index in [9.17, 15) is 4.79 Å². The number of nitrogens with one attached hydrogen (secondary N) is 1. The zero-order chi connectivity index (χ0) is 14.0. The first-order valence-electron chi connectivity index (χ1n) is 6.70. The van der Waals surface area contributed by atoms with Crippen molar-refractivity contribution in [3.8, 4) is 0 Å². The smallest absolute Gasteiger partial charge is 0.232 e. The Labute approximate surface area is 135 Å². The molecule has 20 heavy (non-hydrogen) atoms. The Balaban J connectivity index is 0.00000200. The third-order valence-electron chi connectivity index (χ3n) is 3.76. The van der Waals surface area contributed by atoms with Crippen LogP contribution in [-0.4, -0.2) is 36.5 Å². The molecular weight excluding hydrogens is 340 g/mol. The summed E-state index contributed by atoms with van der Waals surface area (Å²) < 4.78 is 1.04. The van der Waals surface area contributed by atoms with Crippen molar-refractivity contribution in [2.24, 2.45) is 0 Å². The average molecular weight is 362 g/mol. The van der Waals surface area contributed by atoms with Crippen LogP contribution in [0, 0.1) is 0 Å². The molecule has 1 aromatic carbocycles. The summed E-state index contributed by atoms with van der Waals surface area (Å²) in [5.41, 5.74) is 0.587. The molecule has 0 spiro atoms. The molecular formula is C15H22BrClN2O. The number of amides is 1. The first kappa shape index (κ1) is 17.5. The zero-order valence-corrected chi connectivity index (χ0v) is 14.6. The highest BCUT2D eigenvalue weighted by molar-refractivity contribution is 9.10. The zero-order valence-electron chi connectivity index (χ0n) is 12.1. The minimum atomic E-state index is -0.474. The maximum Gasteiger partial charge on any atom is 0.232 e. The third kappa shape index (κ3) is 3.74. The number of carbonyl (C=O) groups is 1. The van der Waals surface area contributed by atoms with Gasteiger partial charge in [-0.1, -0.05) is 28.1 Å². The Morgan fingerprint density at radius 3 is 2.50 bits per heavy atom. The Morgan fingerprint density at radius 2 is 1.95 bits per heavy atom. The highest BCUT2D eigenvalue weighted by Crippen LogP contribution is 2.27. The van der Waals surface area contributed by atoms with Gasteiger partial charge in [0.25, 0.3) is 0 Å². The fraction of sp³-hybridized carbons (Fsp3) is 0.533. The summed E-state index contributed by atoms with van der Waals surface area (Å²) in [5, 5.41) is 3.37. The van der Waals surface area contributed by atoms with Crippen molar-refractivity contribution >= 4 is 34.2 Å². The number of hydrogen-bond donors (Lipinski definition) is 1. The molecule has 1 amide bonds. The minimum Gasteiger partial charge on any atom is -0.339 e. The van der Waals surface area contributed by atoms with E-state index in [1.165, 1.54) is 0 Å². The summed E-state index contributed by atoms with van der Waals surface area (Å²) in [4.78, 5) is 14.7. The number of halogens is 2. The van der Waals surface area contributed by atoms with E-state index in [1.807, 2.05) is 43.0 Å². The van der Waals surface area contributed by atoms with E-state index in [4.69, 9.17) is 0 Å². The van der Waals surface area contributed by atoms with Gasteiger partial charge in [-0.25, -0.2) is 0 Å². The maximum absolute atomic E-state index is 12.7. The number of piperazine rings is 1. The second kappa shape index (κ2) is 6.92. The topological polar surface area (TPSA) is 32.3 Å². The van der Waals surface area contributed by atoms with Crippen LogP contribution >= 0.6 is 28.3 Å². The standard InChI is InChI=1S/C15H21BrN2O.ClH/c1-11-10-18(9-8-17-11)14(19)15(2,3)12-4-6-13(16)7-5-12;/h4-7,11,17H,8-10H2,1-3H3;1H. The van der Waals surface area contributed by atoms with Crippen molar-refractivity contribution in [1.29, 1.82) is 0 Å². The number of nitrogens with zero attached hydrogens (tertiary/aromatic N) is 1. The van der Waals surface area contributed by atoms with Crippen LogP contribution in [0.15, 0.2) is 28.7 Å². The molecule has 1 heterocycles. The SMILES string of the molecule is CC1CN(C(=O)C(C)(C)c2ccc(Br)cc2)CCN1.Cl. The third-order valence-corrected chi connectivity index (χ3v) is 4.29. The first-order valence-corrected chi connectivity index (χ1v) is 7.49. The molecule has 1 N–H and O–H groups in total. The van der Waals surface area contributed by atoms with Crippen LogP contribution in [0.1, 0.15) is 26.3 Å². The van der Waals surface area contributed by atoms with Crippen LogP contribution in [0.2, 0.25) is 0 Å². The predicted molar refractivity (Wildman–Crippen MR) is 88.5 cm³/mol. The summed E-state index contributed by atoms with van der Waals surface area (Å²) >= 11 is 3.43. The van der Waals surface area contributed by atoms with E-state index in [0.29, 0.717) is 6.04 Å². The van der Waals surface area contributed by atoms with Gasteiger partial charge >= 0.3 is 0 Å². The number of carbonyl (C=O) groups excluding carboxylic acids is 1. The lowest BCUT2D eigenvalue weighted by Gasteiger charge is -2.37. The molecule has 1 atom stereocenters. The molecule has 0 bridgehead atoms. The monoisotopic (exact) mass is 360 g/mol. The van der Waals surface area contributed by atoms with Gasteiger partial charge in [0.05, 0.1) is 5.41 Å². The minimum absolute atomic E-state index is 0. The van der Waals surface area contributed by atoms with Gasteiger partial charge < -0.3 is 10.2 Å². The predicted octanol–water partition coefficient (Wildman–Crippen LogP) is 2.97. The van der Waals surface area contributed by atoms with Crippen LogP contribution in [0.25, 0.3) is 0 Å². The molecule has 1 fully saturated rings. The van der Waals surface area contributed by atoms with Crippen molar-refractivity contribution in [2.45, 2.75) is 32.2 Å². The van der Waals surface area contributed by atoms with Crippen molar-refractivity contribution < 1.29 is 4.79 Å². The number of hydrogen-bond acceptors (Lipinski definition) is 2. The lowest BCUT2D eigenvalue weighted by molar-refractivity contribution is -0.137. The van der Waals surface area contributed by atoms with Gasteiger partial charge in [-0.3, -0.25) is 4.79 Å². The highest BCUT2D eigenvalue weighted by atomic mass is 79.9. The molecule has 1 saturated heterocycles. The van der Waals surface area contributed by atoms with E-state index in [0.717, 1.165) is 29.7 Å². The summed E-state index contributed by atoms with van der Waals surface area (Å²) in [6.07, 6.45) is 0. The molecule has 1 unspecified atom stereocenters. The normalized spacial score (nSPS) is 19.4. The average Bonchev–Trinajstić information content (AvgIpc) is 2.38. The first-order chi connectivity index (χ1) is 8.91. The summed E-state index contributed by atoms with van der Waals surface area (Å²) in [7, 11) is 0. The van der Waals surface area contributed by atoms with E-state index in [2.05, 4.69) is 28.2 Å². The van der Waals surface area contributed by atoms with Crippen LogP contribution in [0.3, 0.4) is 0 Å². The Morgan fingerprint density at radius 1 is 1.35 bits per heavy atom. The van der Waals surface area contributed by atoms with Gasteiger partial charge in [-0.2, -0.15) is 0 Å². The molecule has 3 nitrogen and oxygen atoms in total. The van der Waals surface area contributed by atoms with Gasteiger partial charge in [0.1, 0.15) is 0 Å². The Bertz CT molecular complexity index is 461. The number of rotatable bonds is 2. The van der Waals surface area contributed by atoms with Crippen LogP contribution in [0.4, 0.5) is 0 Å². The summed E-state index contributed by atoms with van der Waals surface area (Å²) in [5.74, 6) is 0.211. The van der Waals surface area contributed by atoms with Gasteiger partial charge in [-0.05, 0) is 38.5 Å². The van der Waals surface area contributed by atoms with Crippen LogP contribution < -0.4 is 5.32 Å².